The Morgan fingerprint density at radius 1 is 0.571 bits per heavy atom. The van der Waals surface area contributed by atoms with Crippen LogP contribution >= 0.6 is 0 Å². The summed E-state index contributed by atoms with van der Waals surface area (Å²) in [5, 5.41) is 0. The minimum Gasteiger partial charge on any atom is -0.326 e. The van der Waals surface area contributed by atoms with Gasteiger partial charge >= 0.3 is 0 Å². The van der Waals surface area contributed by atoms with Crippen molar-refractivity contribution in [2.24, 2.45) is 0 Å². The molecular weight excluding hydrogens is 344 g/mol. The molecule has 0 saturated carbocycles. The first-order valence-corrected chi connectivity index (χ1v) is 10.6. The van der Waals surface area contributed by atoms with Crippen LogP contribution in [0, 0.1) is 0 Å². The lowest BCUT2D eigenvalue weighted by Gasteiger charge is -2.31. The highest BCUT2D eigenvalue weighted by atomic mass is 15.5. The normalized spacial score (nSPS) is 15.6. The first-order chi connectivity index (χ1) is 13.7. The van der Waals surface area contributed by atoms with Crippen molar-refractivity contribution in [3.05, 3.63) is 60.2 Å². The monoisotopic (exact) mass is 376 g/mol. The van der Waals surface area contributed by atoms with E-state index >= 15 is 0 Å². The zero-order valence-electron chi connectivity index (χ0n) is 17.7. The van der Waals surface area contributed by atoms with Crippen LogP contribution in [-0.2, 0) is 0 Å². The van der Waals surface area contributed by atoms with Crippen molar-refractivity contribution in [2.45, 2.75) is 39.5 Å². The lowest BCUT2D eigenvalue weighted by atomic mass is 10.2. The van der Waals surface area contributed by atoms with Gasteiger partial charge in [0.2, 0.25) is 0 Å². The van der Waals surface area contributed by atoms with E-state index in [4.69, 9.17) is 0 Å². The van der Waals surface area contributed by atoms with Gasteiger partial charge in [0.1, 0.15) is 0 Å². The van der Waals surface area contributed by atoms with E-state index in [9.17, 15) is 0 Å². The van der Waals surface area contributed by atoms with Gasteiger partial charge in [-0.2, -0.15) is 0 Å². The molecule has 0 atom stereocenters. The van der Waals surface area contributed by atoms with Gasteiger partial charge in [0.25, 0.3) is 0 Å². The highest BCUT2D eigenvalue weighted by Crippen LogP contribution is 2.47. The molecular formula is C24H32N4. The first kappa shape index (κ1) is 18.7. The Morgan fingerprint density at radius 2 is 0.964 bits per heavy atom. The van der Waals surface area contributed by atoms with Crippen molar-refractivity contribution < 1.29 is 0 Å². The fourth-order valence-electron chi connectivity index (χ4n) is 4.41. The van der Waals surface area contributed by atoms with Crippen molar-refractivity contribution in [3.63, 3.8) is 0 Å². The van der Waals surface area contributed by atoms with Gasteiger partial charge in [-0.3, -0.25) is 0 Å². The number of anilines is 4. The Morgan fingerprint density at radius 3 is 1.36 bits per heavy atom. The van der Waals surface area contributed by atoms with Crippen LogP contribution in [0.4, 0.5) is 22.7 Å². The molecule has 2 aromatic rings. The van der Waals surface area contributed by atoms with Crippen molar-refractivity contribution >= 4 is 22.7 Å². The van der Waals surface area contributed by atoms with Gasteiger partial charge in [-0.15, -0.1) is 0 Å². The molecule has 148 valence electrons. The molecule has 4 heteroatoms. The van der Waals surface area contributed by atoms with E-state index in [2.05, 4.69) is 96.1 Å². The predicted molar refractivity (Wildman–Crippen MR) is 121 cm³/mol. The van der Waals surface area contributed by atoms with Gasteiger partial charge < -0.3 is 19.6 Å². The van der Waals surface area contributed by atoms with Gasteiger partial charge in [0, 0.05) is 27.2 Å². The highest BCUT2D eigenvalue weighted by Gasteiger charge is 2.38. The molecule has 0 unspecified atom stereocenters. The van der Waals surface area contributed by atoms with Gasteiger partial charge in [-0.05, 0) is 37.1 Å². The molecule has 2 heterocycles. The third-order valence-electron chi connectivity index (χ3n) is 5.89. The Balaban J connectivity index is 1.87. The minimum absolute atomic E-state index is 1.05. The second-order valence-corrected chi connectivity index (χ2v) is 7.75. The maximum absolute atomic E-state index is 2.54. The molecule has 0 radical (unpaired) electrons. The van der Waals surface area contributed by atoms with Crippen LogP contribution in [0.15, 0.2) is 60.2 Å². The fourth-order valence-corrected chi connectivity index (χ4v) is 4.41. The predicted octanol–water partition coefficient (Wildman–Crippen LogP) is 5.63. The molecule has 2 aliphatic rings. The third-order valence-corrected chi connectivity index (χ3v) is 5.89. The summed E-state index contributed by atoms with van der Waals surface area (Å²) in [6.45, 7) is 6.64. The smallest absolute Gasteiger partial charge is 0.156 e. The molecule has 4 nitrogen and oxygen atoms in total. The highest BCUT2D eigenvalue weighted by molar-refractivity contribution is 5.88. The van der Waals surface area contributed by atoms with Crippen LogP contribution in [0.25, 0.3) is 0 Å². The molecule has 0 N–H and O–H groups in total. The zero-order valence-corrected chi connectivity index (χ0v) is 17.7. The van der Waals surface area contributed by atoms with Crippen LogP contribution < -0.4 is 19.6 Å². The summed E-state index contributed by atoms with van der Waals surface area (Å²) in [7, 11) is 4.40. The van der Waals surface area contributed by atoms with Crippen LogP contribution in [0.1, 0.15) is 39.5 Å². The standard InChI is InChI=1S/C24H32N4/c1-5-7-17-27-21-15-11-12-16-22(21)28(18-8-6-2)24(27)23-25(3)19-13-9-10-14-20(19)26(23)4/h9-16H,5-8,17-18H2,1-4H3. The zero-order chi connectivity index (χ0) is 19.7. The van der Waals surface area contributed by atoms with Gasteiger partial charge in [-0.25, -0.2) is 0 Å². The second-order valence-electron chi connectivity index (χ2n) is 7.75. The van der Waals surface area contributed by atoms with E-state index in [1.807, 2.05) is 0 Å². The summed E-state index contributed by atoms with van der Waals surface area (Å²) in [6.07, 6.45) is 4.77. The summed E-state index contributed by atoms with van der Waals surface area (Å²) in [5.41, 5.74) is 5.23. The van der Waals surface area contributed by atoms with Crippen molar-refractivity contribution in [1.82, 2.24) is 0 Å². The fraction of sp³-hybridized carbons (Fsp3) is 0.417. The molecule has 28 heavy (non-hydrogen) atoms. The number of nitrogens with zero attached hydrogens (tertiary/aromatic N) is 4. The molecule has 2 aromatic carbocycles. The van der Waals surface area contributed by atoms with Crippen LogP contribution in [0.3, 0.4) is 0 Å². The molecule has 0 bridgehead atoms. The summed E-state index contributed by atoms with van der Waals surface area (Å²) in [4.78, 5) is 9.80. The summed E-state index contributed by atoms with van der Waals surface area (Å²) >= 11 is 0. The van der Waals surface area contributed by atoms with Crippen LogP contribution in [-0.4, -0.2) is 27.2 Å². The average molecular weight is 377 g/mol. The lowest BCUT2D eigenvalue weighted by molar-refractivity contribution is 0.723. The summed E-state index contributed by atoms with van der Waals surface area (Å²) in [5.74, 6) is 2.59. The number of rotatable bonds is 6. The van der Waals surface area contributed by atoms with Crippen molar-refractivity contribution in [2.75, 3.05) is 46.8 Å². The number of fused-ring (bicyclic) bond motifs is 2. The van der Waals surface area contributed by atoms with Gasteiger partial charge in [0.05, 0.1) is 22.7 Å². The summed E-state index contributed by atoms with van der Waals surface area (Å²) in [6, 6.07) is 17.6. The van der Waals surface area contributed by atoms with Gasteiger partial charge in [-0.1, -0.05) is 51.0 Å². The maximum atomic E-state index is 2.54. The van der Waals surface area contributed by atoms with Crippen molar-refractivity contribution in [1.29, 1.82) is 0 Å². The number of para-hydroxylation sites is 4. The van der Waals surface area contributed by atoms with Crippen LogP contribution in [0.5, 0.6) is 0 Å². The maximum Gasteiger partial charge on any atom is 0.156 e. The number of hydrogen-bond acceptors (Lipinski definition) is 4. The largest absolute Gasteiger partial charge is 0.326 e. The second kappa shape index (κ2) is 7.78. The molecule has 0 amide bonds. The topological polar surface area (TPSA) is 13.0 Å². The SMILES string of the molecule is CCCCN1C(=C2N(C)c3ccccc3N2C)N(CCCC)c2ccccc21. The van der Waals surface area contributed by atoms with E-state index in [1.165, 1.54) is 60.1 Å². The Labute approximate surface area is 169 Å². The average Bonchev–Trinajstić information content (AvgIpc) is 3.16. The Kier molecular flexibility index (Phi) is 5.21. The van der Waals surface area contributed by atoms with Crippen LogP contribution in [0.2, 0.25) is 0 Å². The van der Waals surface area contributed by atoms with E-state index in [0.717, 1.165) is 13.1 Å². The number of hydrogen-bond donors (Lipinski definition) is 0. The van der Waals surface area contributed by atoms with E-state index in [1.54, 1.807) is 0 Å². The van der Waals surface area contributed by atoms with Crippen molar-refractivity contribution in [3.8, 4) is 0 Å². The Hall–Kier alpha value is -2.62. The molecule has 0 aliphatic carbocycles. The summed E-state index contributed by atoms with van der Waals surface area (Å²) < 4.78 is 0. The molecule has 0 aromatic heterocycles. The van der Waals surface area contributed by atoms with E-state index in [-0.39, 0.29) is 0 Å². The molecule has 0 saturated heterocycles. The van der Waals surface area contributed by atoms with E-state index < -0.39 is 0 Å². The van der Waals surface area contributed by atoms with E-state index in [0.29, 0.717) is 0 Å². The quantitative estimate of drug-likeness (QED) is 0.648. The first-order valence-electron chi connectivity index (χ1n) is 10.6. The third kappa shape index (κ3) is 2.92. The van der Waals surface area contributed by atoms with Gasteiger partial charge in [0.15, 0.2) is 11.6 Å². The molecule has 4 rings (SSSR count). The lowest BCUT2D eigenvalue weighted by Crippen LogP contribution is -2.37. The number of unbranched alkanes of at least 4 members (excludes halogenated alkanes) is 2. The molecule has 0 spiro atoms. The Bertz CT molecular complexity index is 804. The minimum atomic E-state index is 1.05. The molecule has 2 aliphatic heterocycles. The molecule has 0 fully saturated rings. The number of benzene rings is 2.